The number of aryl methyl sites for hydroxylation is 1. The summed E-state index contributed by atoms with van der Waals surface area (Å²) in [6, 6.07) is 11.4. The number of halogens is 2. The predicted octanol–water partition coefficient (Wildman–Crippen LogP) is 5.22. The van der Waals surface area contributed by atoms with E-state index < -0.39 is 0 Å². The molecule has 2 rings (SSSR count). The molecule has 1 unspecified atom stereocenters. The zero-order chi connectivity index (χ0) is 14.0. The van der Waals surface area contributed by atoms with E-state index >= 15 is 0 Å². The monoisotopic (exact) mass is 339 g/mol. The molecule has 0 heterocycles. The predicted molar refractivity (Wildman–Crippen MR) is 83.0 cm³/mol. The molecule has 0 saturated heterocycles. The van der Waals surface area contributed by atoms with Crippen molar-refractivity contribution in [3.63, 3.8) is 0 Å². The topological polar surface area (TPSA) is 35.2 Å². The highest BCUT2D eigenvalue weighted by atomic mass is 79.9. The lowest BCUT2D eigenvalue weighted by Gasteiger charge is -2.13. The molecule has 100 valence electrons. The van der Waals surface area contributed by atoms with E-state index in [4.69, 9.17) is 22.1 Å². The van der Waals surface area contributed by atoms with Gasteiger partial charge in [-0.05, 0) is 65.2 Å². The maximum Gasteiger partial charge on any atom is 0.141 e. The number of nitrogens with two attached hydrogens (primary N) is 1. The molecule has 0 bridgehead atoms. The van der Waals surface area contributed by atoms with E-state index in [1.54, 1.807) is 0 Å². The zero-order valence-electron chi connectivity index (χ0n) is 10.8. The van der Waals surface area contributed by atoms with E-state index in [-0.39, 0.29) is 6.04 Å². The molecule has 0 saturated carbocycles. The zero-order valence-corrected chi connectivity index (χ0v) is 13.1. The minimum absolute atomic E-state index is 0.00161. The second-order valence-corrected chi connectivity index (χ2v) is 5.78. The lowest BCUT2D eigenvalue weighted by atomic mass is 10.1. The van der Waals surface area contributed by atoms with Crippen LogP contribution in [0, 0.1) is 6.92 Å². The maximum absolute atomic E-state index is 5.98. The molecule has 0 aliphatic carbocycles. The third-order valence-electron chi connectivity index (χ3n) is 2.85. The van der Waals surface area contributed by atoms with Crippen LogP contribution in [0.25, 0.3) is 0 Å². The molecule has 0 radical (unpaired) electrons. The average molecular weight is 341 g/mol. The van der Waals surface area contributed by atoms with Crippen LogP contribution in [-0.2, 0) is 0 Å². The summed E-state index contributed by atoms with van der Waals surface area (Å²) in [5.74, 6) is 1.50. The van der Waals surface area contributed by atoms with Crippen molar-refractivity contribution < 1.29 is 4.74 Å². The SMILES string of the molecule is Cc1ccc(Cl)cc1Oc1ccc(C(C)N)cc1Br. The van der Waals surface area contributed by atoms with Crippen molar-refractivity contribution in [3.8, 4) is 11.5 Å². The van der Waals surface area contributed by atoms with Gasteiger partial charge in [0.15, 0.2) is 0 Å². The van der Waals surface area contributed by atoms with E-state index in [1.165, 1.54) is 0 Å². The van der Waals surface area contributed by atoms with Crippen molar-refractivity contribution in [2.45, 2.75) is 19.9 Å². The first kappa shape index (κ1) is 14.4. The van der Waals surface area contributed by atoms with Gasteiger partial charge in [0.1, 0.15) is 11.5 Å². The van der Waals surface area contributed by atoms with E-state index in [0.29, 0.717) is 5.02 Å². The molecule has 0 aliphatic heterocycles. The minimum Gasteiger partial charge on any atom is -0.456 e. The molecule has 0 aromatic heterocycles. The van der Waals surface area contributed by atoms with Gasteiger partial charge in [-0.2, -0.15) is 0 Å². The van der Waals surface area contributed by atoms with E-state index in [9.17, 15) is 0 Å². The van der Waals surface area contributed by atoms with Gasteiger partial charge in [-0.25, -0.2) is 0 Å². The van der Waals surface area contributed by atoms with Crippen LogP contribution >= 0.6 is 27.5 Å². The highest BCUT2D eigenvalue weighted by Crippen LogP contribution is 2.34. The van der Waals surface area contributed by atoms with Crippen LogP contribution in [0.2, 0.25) is 5.02 Å². The molecular weight excluding hydrogens is 326 g/mol. The lowest BCUT2D eigenvalue weighted by Crippen LogP contribution is -2.04. The summed E-state index contributed by atoms with van der Waals surface area (Å²) in [6.07, 6.45) is 0. The van der Waals surface area contributed by atoms with Crippen molar-refractivity contribution in [1.29, 1.82) is 0 Å². The molecule has 0 amide bonds. The maximum atomic E-state index is 5.98. The Morgan fingerprint density at radius 2 is 1.89 bits per heavy atom. The Kier molecular flexibility index (Phi) is 4.50. The van der Waals surface area contributed by atoms with Gasteiger partial charge in [0.05, 0.1) is 4.47 Å². The fourth-order valence-electron chi connectivity index (χ4n) is 1.69. The molecule has 2 N–H and O–H groups in total. The molecule has 1 atom stereocenters. The largest absolute Gasteiger partial charge is 0.456 e. The Morgan fingerprint density at radius 3 is 2.53 bits per heavy atom. The summed E-state index contributed by atoms with van der Waals surface area (Å²) < 4.78 is 6.76. The van der Waals surface area contributed by atoms with Crippen molar-refractivity contribution >= 4 is 27.5 Å². The second-order valence-electron chi connectivity index (χ2n) is 4.49. The van der Waals surface area contributed by atoms with E-state index in [1.807, 2.05) is 50.2 Å². The summed E-state index contributed by atoms with van der Waals surface area (Å²) in [6.45, 7) is 3.93. The number of rotatable bonds is 3. The molecule has 19 heavy (non-hydrogen) atoms. The first-order valence-electron chi connectivity index (χ1n) is 5.96. The van der Waals surface area contributed by atoms with Crippen molar-refractivity contribution in [2.24, 2.45) is 5.73 Å². The average Bonchev–Trinajstić information content (AvgIpc) is 2.36. The minimum atomic E-state index is -0.00161. The number of hydrogen-bond donors (Lipinski definition) is 1. The van der Waals surface area contributed by atoms with Crippen LogP contribution in [0.15, 0.2) is 40.9 Å². The Morgan fingerprint density at radius 1 is 1.16 bits per heavy atom. The van der Waals surface area contributed by atoms with Crippen LogP contribution in [0.1, 0.15) is 24.1 Å². The molecule has 2 nitrogen and oxygen atoms in total. The Bertz CT molecular complexity index is 599. The number of hydrogen-bond acceptors (Lipinski definition) is 2. The van der Waals surface area contributed by atoms with Gasteiger partial charge in [0, 0.05) is 11.1 Å². The quantitative estimate of drug-likeness (QED) is 0.831. The van der Waals surface area contributed by atoms with Crippen LogP contribution < -0.4 is 10.5 Å². The summed E-state index contributed by atoms with van der Waals surface area (Å²) in [7, 11) is 0. The molecule has 0 fully saturated rings. The Labute approximate surface area is 126 Å². The first-order valence-corrected chi connectivity index (χ1v) is 7.13. The van der Waals surface area contributed by atoms with Gasteiger partial charge in [-0.15, -0.1) is 0 Å². The molecule has 2 aromatic rings. The smallest absolute Gasteiger partial charge is 0.141 e. The Balaban J connectivity index is 2.31. The summed E-state index contributed by atoms with van der Waals surface area (Å²) >= 11 is 9.48. The highest BCUT2D eigenvalue weighted by molar-refractivity contribution is 9.10. The van der Waals surface area contributed by atoms with Crippen LogP contribution in [0.3, 0.4) is 0 Å². The third-order valence-corrected chi connectivity index (χ3v) is 3.71. The molecule has 0 aliphatic rings. The molecular formula is C15H15BrClNO. The fourth-order valence-corrected chi connectivity index (χ4v) is 2.32. The summed E-state index contributed by atoms with van der Waals surface area (Å²) in [5, 5.41) is 0.656. The lowest BCUT2D eigenvalue weighted by molar-refractivity contribution is 0.475. The molecule has 4 heteroatoms. The standard InChI is InChI=1S/C15H15BrClNO/c1-9-3-5-12(17)8-15(9)19-14-6-4-11(10(2)18)7-13(14)16/h3-8,10H,18H2,1-2H3. The van der Waals surface area contributed by atoms with Crippen LogP contribution in [-0.4, -0.2) is 0 Å². The summed E-state index contributed by atoms with van der Waals surface area (Å²) in [5.41, 5.74) is 7.94. The normalized spacial score (nSPS) is 12.3. The van der Waals surface area contributed by atoms with Crippen LogP contribution in [0.5, 0.6) is 11.5 Å². The number of benzene rings is 2. The van der Waals surface area contributed by atoms with Gasteiger partial charge in [-0.3, -0.25) is 0 Å². The first-order chi connectivity index (χ1) is 8.97. The molecule has 0 spiro atoms. The van der Waals surface area contributed by atoms with Gasteiger partial charge in [0.2, 0.25) is 0 Å². The van der Waals surface area contributed by atoms with Gasteiger partial charge < -0.3 is 10.5 Å². The van der Waals surface area contributed by atoms with Crippen molar-refractivity contribution in [1.82, 2.24) is 0 Å². The fraction of sp³-hybridized carbons (Fsp3) is 0.200. The van der Waals surface area contributed by atoms with Crippen LogP contribution in [0.4, 0.5) is 0 Å². The Hall–Kier alpha value is -1.03. The highest BCUT2D eigenvalue weighted by Gasteiger charge is 2.08. The van der Waals surface area contributed by atoms with E-state index in [2.05, 4.69) is 15.9 Å². The van der Waals surface area contributed by atoms with Gasteiger partial charge >= 0.3 is 0 Å². The summed E-state index contributed by atoms with van der Waals surface area (Å²) in [4.78, 5) is 0. The van der Waals surface area contributed by atoms with Gasteiger partial charge in [-0.1, -0.05) is 23.7 Å². The molecule has 2 aromatic carbocycles. The van der Waals surface area contributed by atoms with Crippen molar-refractivity contribution in [2.75, 3.05) is 0 Å². The third kappa shape index (κ3) is 3.50. The second kappa shape index (κ2) is 5.95. The van der Waals surface area contributed by atoms with Crippen molar-refractivity contribution in [3.05, 3.63) is 57.0 Å². The van der Waals surface area contributed by atoms with E-state index in [0.717, 1.165) is 27.1 Å². The number of ether oxygens (including phenoxy) is 1. The van der Waals surface area contributed by atoms with Gasteiger partial charge in [0.25, 0.3) is 0 Å².